The van der Waals surface area contributed by atoms with Crippen molar-refractivity contribution in [1.82, 2.24) is 10.2 Å². The molecule has 0 radical (unpaired) electrons. The SMILES string of the molecule is COc1cc(N2CCN(C3CCNCC3)CC2)ccc1C. The average Bonchev–Trinajstić information content (AvgIpc) is 2.56. The van der Waals surface area contributed by atoms with Crippen LogP contribution < -0.4 is 15.0 Å². The van der Waals surface area contributed by atoms with E-state index in [1.165, 1.54) is 50.3 Å². The third kappa shape index (κ3) is 3.33. The zero-order valence-electron chi connectivity index (χ0n) is 13.3. The first-order valence-corrected chi connectivity index (χ1v) is 8.12. The molecule has 3 rings (SSSR count). The molecule has 0 atom stereocenters. The van der Waals surface area contributed by atoms with Crippen molar-refractivity contribution in [3.8, 4) is 5.75 Å². The second-order valence-corrected chi connectivity index (χ2v) is 6.16. The summed E-state index contributed by atoms with van der Waals surface area (Å²) in [7, 11) is 1.75. The number of aryl methyl sites for hydroxylation is 1. The highest BCUT2D eigenvalue weighted by atomic mass is 16.5. The number of ether oxygens (including phenoxy) is 1. The van der Waals surface area contributed by atoms with Gasteiger partial charge in [0.2, 0.25) is 0 Å². The molecule has 1 aromatic rings. The Morgan fingerprint density at radius 1 is 1.10 bits per heavy atom. The van der Waals surface area contributed by atoms with Gasteiger partial charge < -0.3 is 15.0 Å². The number of piperazine rings is 1. The summed E-state index contributed by atoms with van der Waals surface area (Å²) in [5, 5.41) is 3.46. The minimum Gasteiger partial charge on any atom is -0.496 e. The zero-order valence-corrected chi connectivity index (χ0v) is 13.3. The molecule has 116 valence electrons. The number of benzene rings is 1. The molecule has 0 amide bonds. The Kier molecular flexibility index (Phi) is 4.66. The molecule has 2 aliphatic rings. The van der Waals surface area contributed by atoms with Gasteiger partial charge in [0, 0.05) is 44.0 Å². The summed E-state index contributed by atoms with van der Waals surface area (Å²) >= 11 is 0. The Morgan fingerprint density at radius 2 is 1.81 bits per heavy atom. The highest BCUT2D eigenvalue weighted by Crippen LogP contribution is 2.26. The monoisotopic (exact) mass is 289 g/mol. The van der Waals surface area contributed by atoms with Crippen molar-refractivity contribution in [2.24, 2.45) is 0 Å². The summed E-state index contributed by atoms with van der Waals surface area (Å²) in [5.74, 6) is 0.994. The molecule has 2 aliphatic heterocycles. The largest absolute Gasteiger partial charge is 0.496 e. The van der Waals surface area contributed by atoms with Gasteiger partial charge in [-0.15, -0.1) is 0 Å². The Morgan fingerprint density at radius 3 is 2.48 bits per heavy atom. The van der Waals surface area contributed by atoms with E-state index in [4.69, 9.17) is 4.74 Å². The fourth-order valence-corrected chi connectivity index (χ4v) is 3.52. The van der Waals surface area contributed by atoms with Crippen molar-refractivity contribution in [1.29, 1.82) is 0 Å². The standard InChI is InChI=1S/C17H27N3O/c1-14-3-4-16(13-17(14)21-2)20-11-9-19(10-12-20)15-5-7-18-8-6-15/h3-4,13,15,18H,5-12H2,1-2H3. The van der Waals surface area contributed by atoms with Crippen LogP contribution in [0, 0.1) is 6.92 Å². The number of nitrogens with one attached hydrogen (secondary N) is 1. The van der Waals surface area contributed by atoms with E-state index in [1.54, 1.807) is 7.11 Å². The lowest BCUT2D eigenvalue weighted by atomic mass is 10.0. The molecule has 0 spiro atoms. The molecule has 1 N–H and O–H groups in total. The number of rotatable bonds is 3. The van der Waals surface area contributed by atoms with Crippen LogP contribution in [0.25, 0.3) is 0 Å². The van der Waals surface area contributed by atoms with E-state index < -0.39 is 0 Å². The van der Waals surface area contributed by atoms with Crippen LogP contribution in [-0.2, 0) is 0 Å². The van der Waals surface area contributed by atoms with Gasteiger partial charge in [0.15, 0.2) is 0 Å². The van der Waals surface area contributed by atoms with Crippen molar-refractivity contribution < 1.29 is 4.74 Å². The highest BCUT2D eigenvalue weighted by molar-refractivity contribution is 5.53. The van der Waals surface area contributed by atoms with Gasteiger partial charge in [-0.3, -0.25) is 4.90 Å². The van der Waals surface area contributed by atoms with Crippen molar-refractivity contribution >= 4 is 5.69 Å². The molecule has 0 bridgehead atoms. The maximum atomic E-state index is 5.45. The summed E-state index contributed by atoms with van der Waals surface area (Å²) < 4.78 is 5.45. The maximum absolute atomic E-state index is 5.45. The highest BCUT2D eigenvalue weighted by Gasteiger charge is 2.25. The van der Waals surface area contributed by atoms with Crippen LogP contribution in [0.5, 0.6) is 5.75 Å². The van der Waals surface area contributed by atoms with Gasteiger partial charge in [-0.25, -0.2) is 0 Å². The molecule has 4 heteroatoms. The molecule has 0 saturated carbocycles. The number of hydrogen-bond acceptors (Lipinski definition) is 4. The second kappa shape index (κ2) is 6.67. The van der Waals surface area contributed by atoms with Crippen molar-refractivity contribution in [2.75, 3.05) is 51.3 Å². The number of anilines is 1. The fourth-order valence-electron chi connectivity index (χ4n) is 3.52. The smallest absolute Gasteiger partial charge is 0.123 e. The van der Waals surface area contributed by atoms with Gasteiger partial charge in [0.25, 0.3) is 0 Å². The lowest BCUT2D eigenvalue weighted by Crippen LogP contribution is -2.52. The zero-order chi connectivity index (χ0) is 14.7. The van der Waals surface area contributed by atoms with E-state index in [1.807, 2.05) is 0 Å². The van der Waals surface area contributed by atoms with E-state index in [2.05, 4.69) is 40.2 Å². The van der Waals surface area contributed by atoms with Crippen LogP contribution in [0.4, 0.5) is 5.69 Å². The fraction of sp³-hybridized carbons (Fsp3) is 0.647. The minimum absolute atomic E-state index is 0.793. The lowest BCUT2D eigenvalue weighted by Gasteiger charge is -2.41. The predicted molar refractivity (Wildman–Crippen MR) is 87.4 cm³/mol. The summed E-state index contributed by atoms with van der Waals surface area (Å²) in [6.45, 7) is 9.06. The molecule has 2 heterocycles. The third-order valence-corrected chi connectivity index (χ3v) is 4.90. The Balaban J connectivity index is 1.60. The Labute approximate surface area is 128 Å². The molecular weight excluding hydrogens is 262 g/mol. The molecule has 0 unspecified atom stereocenters. The molecule has 0 aliphatic carbocycles. The summed E-state index contributed by atoms with van der Waals surface area (Å²) in [6.07, 6.45) is 2.61. The lowest BCUT2D eigenvalue weighted by molar-refractivity contribution is 0.153. The van der Waals surface area contributed by atoms with Gasteiger partial charge in [0.05, 0.1) is 7.11 Å². The van der Waals surface area contributed by atoms with Gasteiger partial charge in [-0.2, -0.15) is 0 Å². The maximum Gasteiger partial charge on any atom is 0.123 e. The molecule has 2 saturated heterocycles. The molecule has 0 aromatic heterocycles. The van der Waals surface area contributed by atoms with E-state index in [9.17, 15) is 0 Å². The second-order valence-electron chi connectivity index (χ2n) is 6.16. The Hall–Kier alpha value is -1.26. The minimum atomic E-state index is 0.793. The summed E-state index contributed by atoms with van der Waals surface area (Å²) in [5.41, 5.74) is 2.50. The first-order valence-electron chi connectivity index (χ1n) is 8.12. The van der Waals surface area contributed by atoms with Gasteiger partial charge in [0.1, 0.15) is 5.75 Å². The van der Waals surface area contributed by atoms with Gasteiger partial charge in [-0.1, -0.05) is 6.07 Å². The normalized spacial score (nSPS) is 21.5. The third-order valence-electron chi connectivity index (χ3n) is 4.90. The van der Waals surface area contributed by atoms with Crippen molar-refractivity contribution in [3.63, 3.8) is 0 Å². The van der Waals surface area contributed by atoms with Crippen LogP contribution >= 0.6 is 0 Å². The van der Waals surface area contributed by atoms with E-state index in [-0.39, 0.29) is 0 Å². The van der Waals surface area contributed by atoms with Crippen molar-refractivity contribution in [3.05, 3.63) is 23.8 Å². The average molecular weight is 289 g/mol. The molecule has 1 aromatic carbocycles. The summed E-state index contributed by atoms with van der Waals surface area (Å²) in [4.78, 5) is 5.17. The van der Waals surface area contributed by atoms with E-state index >= 15 is 0 Å². The van der Waals surface area contributed by atoms with Crippen LogP contribution in [0.3, 0.4) is 0 Å². The summed E-state index contributed by atoms with van der Waals surface area (Å²) in [6, 6.07) is 7.35. The van der Waals surface area contributed by atoms with Gasteiger partial charge in [-0.05, 0) is 44.5 Å². The number of nitrogens with zero attached hydrogens (tertiary/aromatic N) is 2. The van der Waals surface area contributed by atoms with Crippen LogP contribution in [0.1, 0.15) is 18.4 Å². The van der Waals surface area contributed by atoms with Crippen molar-refractivity contribution in [2.45, 2.75) is 25.8 Å². The predicted octanol–water partition coefficient (Wildman–Crippen LogP) is 1.88. The quantitative estimate of drug-likeness (QED) is 0.919. The van der Waals surface area contributed by atoms with Crippen LogP contribution in [-0.4, -0.2) is 57.3 Å². The van der Waals surface area contributed by atoms with Crippen LogP contribution in [0.15, 0.2) is 18.2 Å². The Bertz CT molecular complexity index is 463. The first-order chi connectivity index (χ1) is 10.3. The number of hydrogen-bond donors (Lipinski definition) is 1. The van der Waals surface area contributed by atoms with E-state index in [0.717, 1.165) is 24.9 Å². The number of methoxy groups -OCH3 is 1. The molecule has 4 nitrogen and oxygen atoms in total. The molecule has 2 fully saturated rings. The molecule has 21 heavy (non-hydrogen) atoms. The number of piperidine rings is 1. The van der Waals surface area contributed by atoms with Gasteiger partial charge >= 0.3 is 0 Å². The first kappa shape index (κ1) is 14.7. The van der Waals surface area contributed by atoms with E-state index in [0.29, 0.717) is 0 Å². The van der Waals surface area contributed by atoms with Crippen LogP contribution in [0.2, 0.25) is 0 Å². The topological polar surface area (TPSA) is 27.7 Å². The molecular formula is C17H27N3O.